The van der Waals surface area contributed by atoms with Crippen LogP contribution in [-0.4, -0.2) is 47.4 Å². The topological polar surface area (TPSA) is 95.9 Å². The second-order valence-electron chi connectivity index (χ2n) is 16.4. The average molecular weight is 788 g/mol. The molecule has 328 valence electrons. The average Bonchev–Trinajstić information content (AvgIpc) is 3.20. The molecule has 0 aromatic rings. The maximum atomic E-state index is 12.4. The summed E-state index contributed by atoms with van der Waals surface area (Å²) in [7, 11) is 0. The minimum Gasteiger partial charge on any atom is -0.466 e. The number of esters is 1. The first-order valence-corrected chi connectivity index (χ1v) is 24.3. The summed E-state index contributed by atoms with van der Waals surface area (Å²) in [6.45, 7) is 4.79. The van der Waals surface area contributed by atoms with E-state index in [2.05, 4.69) is 43.5 Å². The molecule has 0 aliphatic rings. The molecule has 0 heterocycles. The lowest BCUT2D eigenvalue weighted by Crippen LogP contribution is -2.45. The van der Waals surface area contributed by atoms with E-state index in [1.165, 1.54) is 154 Å². The molecule has 0 radical (unpaired) electrons. The molecule has 0 saturated carbocycles. The smallest absolute Gasteiger partial charge is 0.305 e. The number of amides is 1. The van der Waals surface area contributed by atoms with Crippen LogP contribution in [0.4, 0.5) is 0 Å². The number of hydrogen-bond donors (Lipinski definition) is 3. The van der Waals surface area contributed by atoms with Crippen LogP contribution in [0.25, 0.3) is 0 Å². The summed E-state index contributed by atoms with van der Waals surface area (Å²) in [5, 5.41) is 22.9. The van der Waals surface area contributed by atoms with Gasteiger partial charge in [0.05, 0.1) is 25.4 Å². The van der Waals surface area contributed by atoms with E-state index in [0.717, 1.165) is 64.2 Å². The number of hydrogen-bond acceptors (Lipinski definition) is 5. The highest BCUT2D eigenvalue weighted by Gasteiger charge is 2.18. The van der Waals surface area contributed by atoms with Crippen molar-refractivity contribution in [2.45, 2.75) is 257 Å². The van der Waals surface area contributed by atoms with Crippen molar-refractivity contribution in [2.24, 2.45) is 0 Å². The standard InChI is InChI=1S/C50H93NO5/c1-3-5-7-9-11-13-15-16-17-18-19-20-21-22-23-28-32-36-40-44-50(55)56-45-41-37-33-29-25-24-27-31-35-39-43-49(54)51-47(46-52)48(53)42-38-34-30-26-14-12-10-8-6-4-2/h11,13,16-17,38,42,47-48,52-53H,3-10,12,14-15,18-37,39-41,43-46H2,1-2H3,(H,51,54)/b13-11-,17-16-,42-38+. The van der Waals surface area contributed by atoms with Gasteiger partial charge < -0.3 is 20.3 Å². The highest BCUT2D eigenvalue weighted by atomic mass is 16.5. The van der Waals surface area contributed by atoms with Crippen LogP contribution in [0.5, 0.6) is 0 Å². The summed E-state index contributed by atoms with van der Waals surface area (Å²) in [6, 6.07) is -0.643. The molecule has 0 saturated heterocycles. The third kappa shape index (κ3) is 41.7. The normalized spacial score (nSPS) is 13.0. The quantitative estimate of drug-likeness (QED) is 0.0325. The number of carbonyl (C=O) groups excluding carboxylic acids is 2. The first-order valence-electron chi connectivity index (χ1n) is 24.3. The Balaban J connectivity index is 3.48. The molecule has 3 N–H and O–H groups in total. The molecule has 0 spiro atoms. The fourth-order valence-corrected chi connectivity index (χ4v) is 7.13. The Morgan fingerprint density at radius 1 is 0.500 bits per heavy atom. The van der Waals surface area contributed by atoms with Crippen molar-refractivity contribution in [3.05, 3.63) is 36.5 Å². The lowest BCUT2D eigenvalue weighted by Gasteiger charge is -2.20. The van der Waals surface area contributed by atoms with Crippen molar-refractivity contribution in [1.82, 2.24) is 5.32 Å². The van der Waals surface area contributed by atoms with Crippen molar-refractivity contribution in [3.8, 4) is 0 Å². The van der Waals surface area contributed by atoms with Crippen LogP contribution in [0.2, 0.25) is 0 Å². The Hall–Kier alpha value is -1.92. The van der Waals surface area contributed by atoms with Crippen molar-refractivity contribution in [3.63, 3.8) is 0 Å². The first kappa shape index (κ1) is 54.1. The molecule has 6 nitrogen and oxygen atoms in total. The van der Waals surface area contributed by atoms with Gasteiger partial charge in [-0.3, -0.25) is 9.59 Å². The van der Waals surface area contributed by atoms with Crippen LogP contribution in [0.3, 0.4) is 0 Å². The van der Waals surface area contributed by atoms with Gasteiger partial charge in [-0.05, 0) is 64.2 Å². The number of carbonyl (C=O) groups is 2. The third-order valence-corrected chi connectivity index (χ3v) is 10.9. The van der Waals surface area contributed by atoms with Gasteiger partial charge >= 0.3 is 5.97 Å². The second-order valence-corrected chi connectivity index (χ2v) is 16.4. The number of aliphatic hydroxyl groups is 2. The number of rotatable bonds is 44. The zero-order valence-corrected chi connectivity index (χ0v) is 37.1. The molecule has 0 rings (SSSR count). The monoisotopic (exact) mass is 788 g/mol. The molecule has 0 aliphatic carbocycles. The predicted molar refractivity (Wildman–Crippen MR) is 241 cm³/mol. The second kappa shape index (κ2) is 45.8. The highest BCUT2D eigenvalue weighted by Crippen LogP contribution is 2.15. The van der Waals surface area contributed by atoms with E-state index in [1.54, 1.807) is 6.08 Å². The SMILES string of the molecule is CCCCC/C=C\C/C=C\CCCCCCCCCCCC(=O)OCCCCCCCCCCCCC(=O)NC(CO)C(O)/C=C/CCCCCCCCCC. The zero-order valence-electron chi connectivity index (χ0n) is 37.1. The first-order chi connectivity index (χ1) is 27.5. The Morgan fingerprint density at radius 3 is 1.39 bits per heavy atom. The fourth-order valence-electron chi connectivity index (χ4n) is 7.13. The molecule has 2 atom stereocenters. The highest BCUT2D eigenvalue weighted by molar-refractivity contribution is 5.76. The molecule has 2 unspecified atom stereocenters. The Labute approximate surface area is 347 Å². The summed E-state index contributed by atoms with van der Waals surface area (Å²) in [5.41, 5.74) is 0. The maximum absolute atomic E-state index is 12.4. The lowest BCUT2D eigenvalue weighted by atomic mass is 10.1. The lowest BCUT2D eigenvalue weighted by molar-refractivity contribution is -0.143. The fraction of sp³-hybridized carbons (Fsp3) is 0.840. The van der Waals surface area contributed by atoms with Crippen molar-refractivity contribution in [2.75, 3.05) is 13.2 Å². The van der Waals surface area contributed by atoms with E-state index in [4.69, 9.17) is 4.74 Å². The largest absolute Gasteiger partial charge is 0.466 e. The minimum absolute atomic E-state index is 0.0259. The number of aliphatic hydroxyl groups excluding tert-OH is 2. The number of allylic oxidation sites excluding steroid dienone is 5. The van der Waals surface area contributed by atoms with E-state index >= 15 is 0 Å². The summed E-state index contributed by atoms with van der Waals surface area (Å²) < 4.78 is 5.46. The van der Waals surface area contributed by atoms with E-state index in [9.17, 15) is 19.8 Å². The van der Waals surface area contributed by atoms with Crippen molar-refractivity contribution >= 4 is 11.9 Å². The molecule has 0 bridgehead atoms. The molecule has 0 aromatic heterocycles. The molecule has 56 heavy (non-hydrogen) atoms. The van der Waals surface area contributed by atoms with Gasteiger partial charge in [0.15, 0.2) is 0 Å². The molecule has 0 fully saturated rings. The van der Waals surface area contributed by atoms with Gasteiger partial charge in [0.25, 0.3) is 0 Å². The minimum atomic E-state index is -0.857. The molecular formula is C50H93NO5. The van der Waals surface area contributed by atoms with Gasteiger partial charge in [-0.15, -0.1) is 0 Å². The summed E-state index contributed by atoms with van der Waals surface area (Å²) in [4.78, 5) is 24.4. The van der Waals surface area contributed by atoms with Gasteiger partial charge in [-0.25, -0.2) is 0 Å². The van der Waals surface area contributed by atoms with Gasteiger partial charge in [-0.1, -0.05) is 204 Å². The van der Waals surface area contributed by atoms with E-state index < -0.39 is 12.1 Å². The van der Waals surface area contributed by atoms with Crippen LogP contribution in [0, 0.1) is 0 Å². The van der Waals surface area contributed by atoms with Gasteiger partial charge in [0, 0.05) is 12.8 Å². The maximum Gasteiger partial charge on any atom is 0.305 e. The van der Waals surface area contributed by atoms with E-state index in [-0.39, 0.29) is 18.5 Å². The van der Waals surface area contributed by atoms with Crippen molar-refractivity contribution < 1.29 is 24.5 Å². The molecule has 1 amide bonds. The molecule has 6 heteroatoms. The summed E-state index contributed by atoms with van der Waals surface area (Å²) >= 11 is 0. The molecular weight excluding hydrogens is 695 g/mol. The summed E-state index contributed by atoms with van der Waals surface area (Å²) in [5.74, 6) is -0.120. The zero-order chi connectivity index (χ0) is 40.8. The Morgan fingerprint density at radius 2 is 0.893 bits per heavy atom. The van der Waals surface area contributed by atoms with Crippen LogP contribution >= 0.6 is 0 Å². The van der Waals surface area contributed by atoms with Gasteiger partial charge in [-0.2, -0.15) is 0 Å². The van der Waals surface area contributed by atoms with Gasteiger partial charge in [0.1, 0.15) is 0 Å². The predicted octanol–water partition coefficient (Wildman–Crippen LogP) is 14.1. The van der Waals surface area contributed by atoms with Crippen LogP contribution in [-0.2, 0) is 14.3 Å². The number of ether oxygens (including phenoxy) is 1. The van der Waals surface area contributed by atoms with Crippen LogP contribution < -0.4 is 5.32 Å². The Kier molecular flexibility index (Phi) is 44.2. The number of unbranched alkanes of at least 4 members (excludes halogenated alkanes) is 29. The van der Waals surface area contributed by atoms with Gasteiger partial charge in [0.2, 0.25) is 5.91 Å². The molecule has 0 aliphatic heterocycles. The van der Waals surface area contributed by atoms with Crippen LogP contribution in [0.1, 0.15) is 245 Å². The Bertz CT molecular complexity index is 915. The number of nitrogens with one attached hydrogen (secondary N) is 1. The van der Waals surface area contributed by atoms with E-state index in [0.29, 0.717) is 19.4 Å². The van der Waals surface area contributed by atoms with Crippen LogP contribution in [0.15, 0.2) is 36.5 Å². The summed E-state index contributed by atoms with van der Waals surface area (Å²) in [6.07, 6.45) is 54.2. The molecule has 0 aromatic carbocycles. The van der Waals surface area contributed by atoms with E-state index in [1.807, 2.05) is 6.08 Å². The third-order valence-electron chi connectivity index (χ3n) is 10.9. The van der Waals surface area contributed by atoms with Crippen molar-refractivity contribution in [1.29, 1.82) is 0 Å².